The molecule has 1 aliphatic heterocycles. The lowest BCUT2D eigenvalue weighted by atomic mass is 10.1. The summed E-state index contributed by atoms with van der Waals surface area (Å²) in [6.07, 6.45) is -1.55. The number of alkyl halides is 6. The third-order valence-electron chi connectivity index (χ3n) is 5.00. The van der Waals surface area contributed by atoms with E-state index >= 15 is 0 Å². The van der Waals surface area contributed by atoms with E-state index in [1.807, 2.05) is 12.1 Å². The van der Waals surface area contributed by atoms with Crippen LogP contribution in [0.5, 0.6) is 5.75 Å². The van der Waals surface area contributed by atoms with E-state index in [9.17, 15) is 26.3 Å². The van der Waals surface area contributed by atoms with Crippen molar-refractivity contribution in [3.63, 3.8) is 0 Å². The summed E-state index contributed by atoms with van der Waals surface area (Å²) >= 11 is 0. The number of piperidine rings is 1. The van der Waals surface area contributed by atoms with E-state index in [-0.39, 0.29) is 0 Å². The van der Waals surface area contributed by atoms with Crippen LogP contribution >= 0.6 is 0 Å². The molecule has 36 heavy (non-hydrogen) atoms. The van der Waals surface area contributed by atoms with Crippen molar-refractivity contribution in [3.8, 4) is 5.75 Å². The van der Waals surface area contributed by atoms with Gasteiger partial charge in [0.25, 0.3) is 0 Å². The molecule has 2 aliphatic rings. The second-order valence-corrected chi connectivity index (χ2v) is 7.98. The average Bonchev–Trinajstić information content (AvgIpc) is 3.54. The van der Waals surface area contributed by atoms with Crippen LogP contribution in [-0.2, 0) is 16.1 Å². The number of aromatic amines is 1. The Bertz CT molecular complexity index is 947. The van der Waals surface area contributed by atoms with Gasteiger partial charge >= 0.3 is 24.3 Å². The molecular weight excluding hydrogens is 502 g/mol. The normalized spacial score (nSPS) is 16.7. The molecule has 15 heteroatoms. The van der Waals surface area contributed by atoms with Crippen LogP contribution in [0.2, 0.25) is 0 Å². The van der Waals surface area contributed by atoms with Crippen molar-refractivity contribution < 1.29 is 50.9 Å². The summed E-state index contributed by atoms with van der Waals surface area (Å²) in [4.78, 5) is 24.4. The Morgan fingerprint density at radius 1 is 1.03 bits per heavy atom. The van der Waals surface area contributed by atoms with Gasteiger partial charge in [0.1, 0.15) is 11.9 Å². The summed E-state index contributed by atoms with van der Waals surface area (Å²) in [6.45, 7) is 3.12. The highest BCUT2D eigenvalue weighted by molar-refractivity contribution is 5.73. The van der Waals surface area contributed by atoms with Gasteiger partial charge in [-0.25, -0.2) is 9.59 Å². The largest absolute Gasteiger partial charge is 0.490 e. The van der Waals surface area contributed by atoms with Crippen molar-refractivity contribution in [2.45, 2.75) is 56.6 Å². The third-order valence-corrected chi connectivity index (χ3v) is 5.00. The van der Waals surface area contributed by atoms with Crippen LogP contribution in [0.4, 0.5) is 26.3 Å². The van der Waals surface area contributed by atoms with Crippen LogP contribution in [0.3, 0.4) is 0 Å². The van der Waals surface area contributed by atoms with Crippen molar-refractivity contribution in [1.82, 2.24) is 20.1 Å². The molecule has 3 heterocycles. The molecule has 0 unspecified atom stereocenters. The van der Waals surface area contributed by atoms with E-state index in [1.54, 1.807) is 12.4 Å². The number of halogens is 6. The van der Waals surface area contributed by atoms with E-state index in [1.165, 1.54) is 24.2 Å². The maximum Gasteiger partial charge on any atom is 0.490 e. The number of nitrogens with zero attached hydrogens (tertiary/aromatic N) is 3. The number of ether oxygens (including phenoxy) is 1. The van der Waals surface area contributed by atoms with E-state index in [2.05, 4.69) is 26.1 Å². The highest BCUT2D eigenvalue weighted by Gasteiger charge is 2.38. The molecule has 3 N–H and O–H groups in total. The third kappa shape index (κ3) is 10.5. The molecule has 2 aromatic heterocycles. The fourth-order valence-electron chi connectivity index (χ4n) is 3.08. The number of likely N-dealkylation sites (tertiary alicyclic amines) is 1. The summed E-state index contributed by atoms with van der Waals surface area (Å²) in [5.41, 5.74) is 2.50. The maximum absolute atomic E-state index is 10.6. The van der Waals surface area contributed by atoms with Crippen LogP contribution in [0, 0.1) is 0 Å². The first-order valence-corrected chi connectivity index (χ1v) is 10.7. The smallest absolute Gasteiger partial charge is 0.489 e. The molecule has 0 spiro atoms. The van der Waals surface area contributed by atoms with Crippen molar-refractivity contribution >= 4 is 11.9 Å². The molecule has 0 radical (unpaired) electrons. The number of H-pyrrole nitrogens is 1. The van der Waals surface area contributed by atoms with Gasteiger partial charge in [0.05, 0.1) is 11.9 Å². The monoisotopic (exact) mass is 526 g/mol. The fourth-order valence-corrected chi connectivity index (χ4v) is 3.08. The van der Waals surface area contributed by atoms with Gasteiger partial charge < -0.3 is 14.9 Å². The number of hydrogen-bond donors (Lipinski definition) is 3. The molecule has 0 bridgehead atoms. The number of carbonyl (C=O) groups is 2. The second kappa shape index (κ2) is 12.6. The van der Waals surface area contributed by atoms with Gasteiger partial charge in [-0.15, -0.1) is 0 Å². The van der Waals surface area contributed by atoms with Gasteiger partial charge in [-0.3, -0.25) is 15.0 Å². The fraction of sp³-hybridized carbons (Fsp3) is 0.524. The molecule has 1 saturated carbocycles. The molecule has 4 rings (SSSR count). The number of pyridine rings is 1. The Kier molecular flexibility index (Phi) is 10.1. The Labute approximate surface area is 201 Å². The zero-order chi connectivity index (χ0) is 26.9. The number of nitrogens with one attached hydrogen (secondary N) is 1. The van der Waals surface area contributed by atoms with Gasteiger partial charge in [-0.1, -0.05) is 0 Å². The van der Waals surface area contributed by atoms with E-state index < -0.39 is 24.3 Å². The molecule has 9 nitrogen and oxygen atoms in total. The Hall–Kier alpha value is -3.36. The first-order valence-electron chi connectivity index (χ1n) is 10.7. The van der Waals surface area contributed by atoms with E-state index in [4.69, 9.17) is 24.5 Å². The Morgan fingerprint density at radius 2 is 1.58 bits per heavy atom. The van der Waals surface area contributed by atoms with Gasteiger partial charge in [-0.2, -0.15) is 31.4 Å². The summed E-state index contributed by atoms with van der Waals surface area (Å²) < 4.78 is 69.5. The molecule has 0 amide bonds. The summed E-state index contributed by atoms with van der Waals surface area (Å²) in [5.74, 6) is -3.91. The van der Waals surface area contributed by atoms with Gasteiger partial charge in [0, 0.05) is 37.4 Å². The number of aromatic nitrogens is 3. The van der Waals surface area contributed by atoms with Crippen molar-refractivity contribution in [3.05, 3.63) is 42.0 Å². The van der Waals surface area contributed by atoms with E-state index in [0.29, 0.717) is 6.10 Å². The van der Waals surface area contributed by atoms with Gasteiger partial charge in [-0.05, 0) is 43.9 Å². The SMILES string of the molecule is O=C(O)C(F)(F)F.O=C(O)C(F)(F)F.c1cncc(OC2CCN(Cc3cc(C4CC4)n[nH]3)CC2)c1. The van der Waals surface area contributed by atoms with Crippen LogP contribution in [0.1, 0.15) is 43.0 Å². The molecule has 200 valence electrons. The quantitative estimate of drug-likeness (QED) is 0.499. The summed E-state index contributed by atoms with van der Waals surface area (Å²) in [7, 11) is 0. The van der Waals surface area contributed by atoms with Crippen LogP contribution < -0.4 is 4.74 Å². The van der Waals surface area contributed by atoms with Crippen molar-refractivity contribution in [2.24, 2.45) is 0 Å². The van der Waals surface area contributed by atoms with Crippen LogP contribution in [0.25, 0.3) is 0 Å². The predicted molar refractivity (Wildman–Crippen MR) is 111 cm³/mol. The highest BCUT2D eigenvalue weighted by atomic mass is 19.4. The van der Waals surface area contributed by atoms with Crippen LogP contribution in [0.15, 0.2) is 30.6 Å². The number of carboxylic acids is 2. The minimum absolute atomic E-state index is 0.309. The van der Waals surface area contributed by atoms with E-state index in [0.717, 1.165) is 44.1 Å². The number of hydrogen-bond acceptors (Lipinski definition) is 6. The highest BCUT2D eigenvalue weighted by Crippen LogP contribution is 2.39. The summed E-state index contributed by atoms with van der Waals surface area (Å²) in [6, 6.07) is 6.14. The zero-order valence-electron chi connectivity index (χ0n) is 18.7. The zero-order valence-corrected chi connectivity index (χ0v) is 18.7. The van der Waals surface area contributed by atoms with Crippen molar-refractivity contribution in [2.75, 3.05) is 13.1 Å². The lowest BCUT2D eigenvalue weighted by molar-refractivity contribution is -0.193. The summed E-state index contributed by atoms with van der Waals surface area (Å²) in [5, 5.41) is 21.9. The number of rotatable bonds is 5. The molecule has 0 atom stereocenters. The Balaban J connectivity index is 0.000000271. The first kappa shape index (κ1) is 28.9. The maximum atomic E-state index is 10.6. The van der Waals surface area contributed by atoms with Crippen LogP contribution in [-0.4, -0.2) is 73.8 Å². The molecule has 1 aliphatic carbocycles. The first-order chi connectivity index (χ1) is 16.8. The minimum atomic E-state index is -5.08. The Morgan fingerprint density at radius 3 is 2.03 bits per heavy atom. The molecular formula is C21H24F6N4O5. The molecule has 2 aromatic rings. The molecule has 1 saturated heterocycles. The molecule has 2 fully saturated rings. The number of aliphatic carboxylic acids is 2. The predicted octanol–water partition coefficient (Wildman–Crippen LogP) is 3.99. The van der Waals surface area contributed by atoms with Crippen molar-refractivity contribution in [1.29, 1.82) is 0 Å². The topological polar surface area (TPSA) is 129 Å². The number of carboxylic acid groups (broad SMARTS) is 2. The van der Waals surface area contributed by atoms with Gasteiger partial charge in [0.15, 0.2) is 0 Å². The molecule has 0 aromatic carbocycles. The average molecular weight is 526 g/mol. The second-order valence-electron chi connectivity index (χ2n) is 7.98. The lowest BCUT2D eigenvalue weighted by Gasteiger charge is -2.31. The van der Waals surface area contributed by atoms with Gasteiger partial charge in [0.2, 0.25) is 0 Å². The standard InChI is InChI=1S/C17H22N4O.2C2HF3O2/c1-2-16(11-18-7-1)22-15-5-8-21(9-6-15)12-14-10-17(20-19-14)13-3-4-13;2*3-2(4,5)1(6)7/h1-2,7,10-11,13,15H,3-6,8-9,12H2,(H,19,20);2*(H,6,7). The minimum Gasteiger partial charge on any atom is -0.489 e. The lowest BCUT2D eigenvalue weighted by Crippen LogP contribution is -2.37.